The summed E-state index contributed by atoms with van der Waals surface area (Å²) in [4.78, 5) is 27.2. The third kappa shape index (κ3) is 3.11. The maximum atomic E-state index is 12.7. The quantitative estimate of drug-likeness (QED) is 0.733. The number of carbonyl (C=O) groups is 1. The number of nitrogens with one attached hydrogen (secondary N) is 1. The first-order chi connectivity index (χ1) is 11.2. The van der Waals surface area contributed by atoms with Crippen LogP contribution in [0.2, 0.25) is 0 Å². The molecular weight excluding hydrogens is 304 g/mol. The molecule has 0 fully saturated rings. The van der Waals surface area contributed by atoms with Crippen LogP contribution in [0.3, 0.4) is 0 Å². The minimum Gasteiger partial charge on any atom is -0.443 e. The molecule has 5 nitrogen and oxygen atoms in total. The largest absolute Gasteiger partial charge is 0.443 e. The number of aryl methyl sites for hydroxylation is 1. The Morgan fingerprint density at radius 2 is 1.88 bits per heavy atom. The number of fused-ring (bicyclic) bond motifs is 1. The molecule has 0 saturated heterocycles. The molecule has 2 aromatic heterocycles. The highest BCUT2D eigenvalue weighted by Gasteiger charge is 2.23. The highest BCUT2D eigenvalue weighted by Crippen LogP contribution is 2.28. The van der Waals surface area contributed by atoms with Gasteiger partial charge in [-0.25, -0.2) is 9.36 Å². The topological polar surface area (TPSA) is 64.1 Å². The van der Waals surface area contributed by atoms with Crippen LogP contribution in [0.25, 0.3) is 22.3 Å². The predicted molar refractivity (Wildman–Crippen MR) is 94.4 cm³/mol. The number of rotatable bonds is 1. The number of nitrogens with zero attached hydrogens (tertiary/aromatic N) is 1. The summed E-state index contributed by atoms with van der Waals surface area (Å²) in [5, 5.41) is 0.917. The number of hydrogen-bond acceptors (Lipinski definition) is 3. The molecule has 0 spiro atoms. The lowest BCUT2D eigenvalue weighted by atomic mass is 10.2. The molecule has 0 bridgehead atoms. The zero-order valence-electron chi connectivity index (χ0n) is 14.2. The van der Waals surface area contributed by atoms with Crippen LogP contribution >= 0.6 is 0 Å². The Morgan fingerprint density at radius 1 is 1.12 bits per heavy atom. The molecule has 0 saturated carbocycles. The number of ether oxygens (including phenoxy) is 1. The maximum Gasteiger partial charge on any atom is 0.419 e. The Bertz CT molecular complexity index is 974. The zero-order valence-corrected chi connectivity index (χ0v) is 14.2. The fourth-order valence-electron chi connectivity index (χ4n) is 2.63. The van der Waals surface area contributed by atoms with Gasteiger partial charge < -0.3 is 9.72 Å². The van der Waals surface area contributed by atoms with Crippen molar-refractivity contribution in [2.75, 3.05) is 0 Å². The molecule has 0 aliphatic carbocycles. The maximum absolute atomic E-state index is 12.7. The molecule has 2 heterocycles. The second-order valence-corrected chi connectivity index (χ2v) is 6.84. The van der Waals surface area contributed by atoms with Crippen LogP contribution in [0.5, 0.6) is 0 Å². The molecule has 124 valence electrons. The number of carbonyl (C=O) groups excluding carboxylic acids is 1. The van der Waals surface area contributed by atoms with Crippen molar-refractivity contribution >= 4 is 17.0 Å². The first kappa shape index (κ1) is 16.1. The van der Waals surface area contributed by atoms with Gasteiger partial charge in [-0.3, -0.25) is 4.79 Å². The van der Waals surface area contributed by atoms with E-state index in [9.17, 15) is 9.59 Å². The van der Waals surface area contributed by atoms with E-state index in [-0.39, 0.29) is 5.56 Å². The van der Waals surface area contributed by atoms with Gasteiger partial charge >= 0.3 is 6.09 Å². The smallest absolute Gasteiger partial charge is 0.419 e. The van der Waals surface area contributed by atoms with Crippen molar-refractivity contribution < 1.29 is 9.53 Å². The average molecular weight is 324 g/mol. The highest BCUT2D eigenvalue weighted by molar-refractivity contribution is 5.96. The van der Waals surface area contributed by atoms with Gasteiger partial charge in [0.2, 0.25) is 5.56 Å². The molecule has 0 unspecified atom stereocenters. The van der Waals surface area contributed by atoms with Crippen molar-refractivity contribution in [1.29, 1.82) is 0 Å². The second-order valence-electron chi connectivity index (χ2n) is 6.84. The van der Waals surface area contributed by atoms with E-state index in [0.29, 0.717) is 11.4 Å². The molecule has 24 heavy (non-hydrogen) atoms. The monoisotopic (exact) mass is 324 g/mol. The van der Waals surface area contributed by atoms with Crippen molar-refractivity contribution in [3.05, 3.63) is 58.4 Å². The summed E-state index contributed by atoms with van der Waals surface area (Å²) in [5.74, 6) is 0. The van der Waals surface area contributed by atoms with Crippen molar-refractivity contribution in [2.24, 2.45) is 0 Å². The predicted octanol–water partition coefficient (Wildman–Crippen LogP) is 4.09. The number of aromatic amines is 1. The minimum absolute atomic E-state index is 0.218. The zero-order chi connectivity index (χ0) is 17.5. The van der Waals surface area contributed by atoms with Gasteiger partial charge in [0, 0.05) is 11.5 Å². The SMILES string of the molecule is Cc1ccc2c(c1)cc(-c1cccc(=O)[nH]1)n2C(=O)OC(C)(C)C. The second kappa shape index (κ2) is 5.67. The number of pyridine rings is 1. The fourth-order valence-corrected chi connectivity index (χ4v) is 2.63. The molecule has 0 amide bonds. The first-order valence-electron chi connectivity index (χ1n) is 7.80. The molecule has 1 aromatic carbocycles. The van der Waals surface area contributed by atoms with E-state index in [1.807, 2.05) is 52.0 Å². The summed E-state index contributed by atoms with van der Waals surface area (Å²) in [5.41, 5.74) is 2.18. The summed E-state index contributed by atoms with van der Waals surface area (Å²) in [6, 6.07) is 12.6. The van der Waals surface area contributed by atoms with E-state index in [1.165, 1.54) is 10.6 Å². The molecule has 5 heteroatoms. The van der Waals surface area contributed by atoms with Gasteiger partial charge in [0.15, 0.2) is 0 Å². The lowest BCUT2D eigenvalue weighted by Crippen LogP contribution is -2.27. The van der Waals surface area contributed by atoms with Crippen LogP contribution < -0.4 is 5.56 Å². The molecule has 3 rings (SSSR count). The summed E-state index contributed by atoms with van der Waals surface area (Å²) in [7, 11) is 0. The summed E-state index contributed by atoms with van der Waals surface area (Å²) in [6.07, 6.45) is -0.471. The van der Waals surface area contributed by atoms with E-state index < -0.39 is 11.7 Å². The Balaban J connectivity index is 2.26. The van der Waals surface area contributed by atoms with E-state index in [2.05, 4.69) is 4.98 Å². The van der Waals surface area contributed by atoms with Crippen molar-refractivity contribution in [3.8, 4) is 11.4 Å². The fraction of sp³-hybridized carbons (Fsp3) is 0.263. The van der Waals surface area contributed by atoms with Crippen LogP contribution in [0.4, 0.5) is 4.79 Å². The molecular formula is C19H20N2O3. The van der Waals surface area contributed by atoms with Gasteiger partial charge in [0.05, 0.1) is 16.9 Å². The third-order valence-corrected chi connectivity index (χ3v) is 3.58. The first-order valence-corrected chi connectivity index (χ1v) is 7.80. The number of H-pyrrole nitrogens is 1. The third-order valence-electron chi connectivity index (χ3n) is 3.58. The van der Waals surface area contributed by atoms with Crippen molar-refractivity contribution in [1.82, 2.24) is 9.55 Å². The van der Waals surface area contributed by atoms with Crippen LogP contribution in [-0.2, 0) is 4.74 Å². The van der Waals surface area contributed by atoms with E-state index >= 15 is 0 Å². The van der Waals surface area contributed by atoms with Crippen molar-refractivity contribution in [3.63, 3.8) is 0 Å². The van der Waals surface area contributed by atoms with Gasteiger partial charge in [-0.15, -0.1) is 0 Å². The minimum atomic E-state index is -0.611. The van der Waals surface area contributed by atoms with Crippen LogP contribution in [0.1, 0.15) is 26.3 Å². The van der Waals surface area contributed by atoms with E-state index in [4.69, 9.17) is 4.74 Å². The standard InChI is InChI=1S/C19H20N2O3/c1-12-8-9-15-13(10-12)11-16(14-6-5-7-17(22)20-14)21(15)18(23)24-19(2,3)4/h5-11H,1-4H3,(H,20,22). The Hall–Kier alpha value is -2.82. The van der Waals surface area contributed by atoms with E-state index in [1.54, 1.807) is 12.1 Å². The Morgan fingerprint density at radius 3 is 2.54 bits per heavy atom. The highest BCUT2D eigenvalue weighted by atomic mass is 16.6. The van der Waals surface area contributed by atoms with E-state index in [0.717, 1.165) is 16.5 Å². The summed E-state index contributed by atoms with van der Waals surface area (Å²) >= 11 is 0. The summed E-state index contributed by atoms with van der Waals surface area (Å²) < 4.78 is 7.05. The molecule has 0 radical (unpaired) electrons. The van der Waals surface area contributed by atoms with Crippen LogP contribution in [0, 0.1) is 6.92 Å². The van der Waals surface area contributed by atoms with Gasteiger partial charge in [0.25, 0.3) is 0 Å². The molecule has 0 aliphatic heterocycles. The lowest BCUT2D eigenvalue weighted by Gasteiger charge is -2.21. The van der Waals surface area contributed by atoms with Gasteiger partial charge in [0.1, 0.15) is 5.60 Å². The van der Waals surface area contributed by atoms with Gasteiger partial charge in [-0.1, -0.05) is 17.7 Å². The van der Waals surface area contributed by atoms with Gasteiger partial charge in [-0.2, -0.15) is 0 Å². The Labute approximate surface area is 139 Å². The van der Waals surface area contributed by atoms with Crippen LogP contribution in [0.15, 0.2) is 47.3 Å². The number of aromatic nitrogens is 2. The molecule has 1 N–H and O–H groups in total. The van der Waals surface area contributed by atoms with Crippen LogP contribution in [-0.4, -0.2) is 21.2 Å². The summed E-state index contributed by atoms with van der Waals surface area (Å²) in [6.45, 7) is 7.47. The molecule has 0 aliphatic rings. The number of benzene rings is 1. The van der Waals surface area contributed by atoms with Gasteiger partial charge in [-0.05, 0) is 52.0 Å². The lowest BCUT2D eigenvalue weighted by molar-refractivity contribution is 0.0547. The van der Waals surface area contributed by atoms with Crippen molar-refractivity contribution in [2.45, 2.75) is 33.3 Å². The normalized spacial score (nSPS) is 11.7. The average Bonchev–Trinajstić information content (AvgIpc) is 2.84. The number of hydrogen-bond donors (Lipinski definition) is 1. The Kier molecular flexibility index (Phi) is 3.79. The molecule has 0 atom stereocenters. The molecule has 3 aromatic rings.